The number of thiophene rings is 1. The number of rotatable bonds is 3. The van der Waals surface area contributed by atoms with Crippen LogP contribution < -0.4 is 4.18 Å². The van der Waals surface area contributed by atoms with Crippen LogP contribution in [0.4, 0.5) is 0 Å². The topological polar surface area (TPSA) is 43.4 Å². The first-order valence-corrected chi connectivity index (χ1v) is 6.96. The van der Waals surface area contributed by atoms with E-state index in [0.717, 1.165) is 5.56 Å². The van der Waals surface area contributed by atoms with Crippen LogP contribution in [0.5, 0.6) is 5.75 Å². The van der Waals surface area contributed by atoms with Crippen molar-refractivity contribution in [3.8, 4) is 5.75 Å². The van der Waals surface area contributed by atoms with E-state index in [4.69, 9.17) is 4.18 Å². The fraction of sp³-hybridized carbons (Fsp3) is 0.0909. The van der Waals surface area contributed by atoms with Crippen LogP contribution in [0.2, 0.25) is 0 Å². The second-order valence-electron chi connectivity index (χ2n) is 3.31. The first-order valence-electron chi connectivity index (χ1n) is 4.61. The quantitative estimate of drug-likeness (QED) is 0.791. The number of benzene rings is 1. The highest BCUT2D eigenvalue weighted by Crippen LogP contribution is 2.21. The third-order valence-corrected chi connectivity index (χ3v) is 3.93. The molecule has 0 N–H and O–H groups in total. The van der Waals surface area contributed by atoms with Crippen LogP contribution in [-0.4, -0.2) is 8.42 Å². The molecule has 5 heteroatoms. The maximum absolute atomic E-state index is 11.8. The minimum absolute atomic E-state index is 0.171. The van der Waals surface area contributed by atoms with Crippen molar-refractivity contribution >= 4 is 21.5 Å². The zero-order valence-corrected chi connectivity index (χ0v) is 10.2. The summed E-state index contributed by atoms with van der Waals surface area (Å²) >= 11 is 1.39. The van der Waals surface area contributed by atoms with Crippen LogP contribution in [0.25, 0.3) is 0 Å². The molecule has 0 saturated heterocycles. The molecule has 0 unspecified atom stereocenters. The predicted octanol–water partition coefficient (Wildman–Crippen LogP) is 2.82. The van der Waals surface area contributed by atoms with Gasteiger partial charge in [0.15, 0.2) is 5.75 Å². The summed E-state index contributed by atoms with van der Waals surface area (Å²) in [6.45, 7) is 1.90. The van der Waals surface area contributed by atoms with Crippen LogP contribution in [0.15, 0.2) is 46.0 Å². The van der Waals surface area contributed by atoms with Gasteiger partial charge in [0.2, 0.25) is 0 Å². The van der Waals surface area contributed by atoms with E-state index in [1.54, 1.807) is 29.0 Å². The molecule has 0 fully saturated rings. The Bertz CT molecular complexity index is 554. The van der Waals surface area contributed by atoms with Crippen molar-refractivity contribution in [2.45, 2.75) is 11.8 Å². The van der Waals surface area contributed by atoms with Crippen molar-refractivity contribution in [2.24, 2.45) is 0 Å². The molecule has 0 aliphatic heterocycles. The normalized spacial score (nSPS) is 11.3. The monoisotopic (exact) mass is 254 g/mol. The lowest BCUT2D eigenvalue weighted by molar-refractivity contribution is 0.487. The Labute approximate surface area is 98.4 Å². The van der Waals surface area contributed by atoms with Gasteiger partial charge < -0.3 is 4.18 Å². The summed E-state index contributed by atoms with van der Waals surface area (Å²) in [6.07, 6.45) is 0. The highest BCUT2D eigenvalue weighted by molar-refractivity contribution is 7.87. The molecule has 0 spiro atoms. The van der Waals surface area contributed by atoms with E-state index in [0.29, 0.717) is 5.75 Å². The molecule has 84 valence electrons. The molecule has 0 amide bonds. The smallest absolute Gasteiger partial charge is 0.339 e. The molecule has 0 aliphatic rings. The fourth-order valence-corrected chi connectivity index (χ4v) is 2.71. The van der Waals surface area contributed by atoms with Gasteiger partial charge in [0.1, 0.15) is 4.90 Å². The van der Waals surface area contributed by atoms with Gasteiger partial charge in [-0.2, -0.15) is 8.42 Å². The summed E-state index contributed by atoms with van der Waals surface area (Å²) < 4.78 is 28.5. The molecule has 2 rings (SSSR count). The number of hydrogen-bond donors (Lipinski definition) is 0. The Morgan fingerprint density at radius 2 is 1.81 bits per heavy atom. The van der Waals surface area contributed by atoms with Gasteiger partial charge in [-0.05, 0) is 30.5 Å². The van der Waals surface area contributed by atoms with Crippen LogP contribution in [-0.2, 0) is 10.1 Å². The lowest BCUT2D eigenvalue weighted by Gasteiger charge is -2.04. The van der Waals surface area contributed by atoms with E-state index < -0.39 is 10.1 Å². The van der Waals surface area contributed by atoms with E-state index in [9.17, 15) is 8.42 Å². The van der Waals surface area contributed by atoms with E-state index in [-0.39, 0.29) is 4.90 Å². The van der Waals surface area contributed by atoms with Gasteiger partial charge in [0, 0.05) is 5.38 Å². The molecule has 0 radical (unpaired) electrons. The summed E-state index contributed by atoms with van der Waals surface area (Å²) in [7, 11) is -3.69. The van der Waals surface area contributed by atoms with Gasteiger partial charge in [-0.25, -0.2) is 0 Å². The Morgan fingerprint density at radius 1 is 1.12 bits per heavy atom. The highest BCUT2D eigenvalue weighted by Gasteiger charge is 2.16. The Balaban J connectivity index is 2.29. The first kappa shape index (κ1) is 11.2. The average molecular weight is 254 g/mol. The summed E-state index contributed by atoms with van der Waals surface area (Å²) in [5.74, 6) is 0.352. The van der Waals surface area contributed by atoms with Gasteiger partial charge in [-0.1, -0.05) is 17.7 Å². The van der Waals surface area contributed by atoms with E-state index in [2.05, 4.69) is 0 Å². The van der Waals surface area contributed by atoms with Crippen LogP contribution in [0, 0.1) is 6.92 Å². The molecule has 0 aliphatic carbocycles. The van der Waals surface area contributed by atoms with Crippen molar-refractivity contribution in [2.75, 3.05) is 0 Å². The molecule has 0 bridgehead atoms. The van der Waals surface area contributed by atoms with Crippen LogP contribution >= 0.6 is 11.3 Å². The Morgan fingerprint density at radius 3 is 2.38 bits per heavy atom. The molecule has 2 aromatic rings. The molecule has 1 aromatic heterocycles. The molecule has 0 saturated carbocycles. The minimum Gasteiger partial charge on any atom is -0.378 e. The van der Waals surface area contributed by atoms with E-state index in [1.807, 2.05) is 6.92 Å². The summed E-state index contributed by atoms with van der Waals surface area (Å²) in [5.41, 5.74) is 1.01. The predicted molar refractivity (Wildman–Crippen MR) is 63.3 cm³/mol. The zero-order chi connectivity index (χ0) is 11.6. The number of hydrogen-bond acceptors (Lipinski definition) is 4. The minimum atomic E-state index is -3.69. The molecular weight excluding hydrogens is 244 g/mol. The molecule has 1 heterocycles. The average Bonchev–Trinajstić information content (AvgIpc) is 2.70. The third-order valence-electron chi connectivity index (χ3n) is 2.01. The Kier molecular flexibility index (Phi) is 2.98. The first-order chi connectivity index (χ1) is 7.58. The number of aryl methyl sites for hydroxylation is 1. The van der Waals surface area contributed by atoms with Crippen LogP contribution in [0.3, 0.4) is 0 Å². The molecular formula is C11H10O3S2. The largest absolute Gasteiger partial charge is 0.378 e. The Hall–Kier alpha value is -1.33. The SMILES string of the molecule is Cc1ccc(S(=O)(=O)Oc2ccsc2)cc1. The summed E-state index contributed by atoms with van der Waals surface area (Å²) in [4.78, 5) is 0.171. The maximum Gasteiger partial charge on any atom is 0.339 e. The van der Waals surface area contributed by atoms with Crippen LogP contribution in [0.1, 0.15) is 5.56 Å². The van der Waals surface area contributed by atoms with E-state index >= 15 is 0 Å². The van der Waals surface area contributed by atoms with Crippen molar-refractivity contribution in [1.82, 2.24) is 0 Å². The standard InChI is InChI=1S/C11H10O3S2/c1-9-2-4-11(5-3-9)16(12,13)14-10-6-7-15-8-10/h2-8H,1H3. The summed E-state index contributed by atoms with van der Waals surface area (Å²) in [6, 6.07) is 8.18. The third kappa shape index (κ3) is 2.43. The summed E-state index contributed by atoms with van der Waals surface area (Å²) in [5, 5.41) is 3.41. The second kappa shape index (κ2) is 4.27. The van der Waals surface area contributed by atoms with Crippen molar-refractivity contribution in [1.29, 1.82) is 0 Å². The van der Waals surface area contributed by atoms with Gasteiger partial charge in [0.05, 0.1) is 0 Å². The molecule has 16 heavy (non-hydrogen) atoms. The molecule has 1 aromatic carbocycles. The van der Waals surface area contributed by atoms with Gasteiger partial charge >= 0.3 is 10.1 Å². The van der Waals surface area contributed by atoms with Gasteiger partial charge in [0.25, 0.3) is 0 Å². The molecule has 0 atom stereocenters. The van der Waals surface area contributed by atoms with Gasteiger partial charge in [-0.15, -0.1) is 11.3 Å². The highest BCUT2D eigenvalue weighted by atomic mass is 32.2. The molecule has 3 nitrogen and oxygen atoms in total. The van der Waals surface area contributed by atoms with E-state index in [1.165, 1.54) is 23.5 Å². The van der Waals surface area contributed by atoms with Crippen molar-refractivity contribution in [3.05, 3.63) is 46.7 Å². The lowest BCUT2D eigenvalue weighted by atomic mass is 10.2. The van der Waals surface area contributed by atoms with Crippen molar-refractivity contribution < 1.29 is 12.6 Å². The maximum atomic E-state index is 11.8. The lowest BCUT2D eigenvalue weighted by Crippen LogP contribution is -2.08. The van der Waals surface area contributed by atoms with Crippen molar-refractivity contribution in [3.63, 3.8) is 0 Å². The zero-order valence-electron chi connectivity index (χ0n) is 8.58. The van der Waals surface area contributed by atoms with Gasteiger partial charge in [-0.3, -0.25) is 0 Å². The second-order valence-corrected chi connectivity index (χ2v) is 5.64. The fourth-order valence-electron chi connectivity index (χ4n) is 1.18.